The van der Waals surface area contributed by atoms with Crippen molar-refractivity contribution >= 4 is 32.3 Å². The van der Waals surface area contributed by atoms with Crippen molar-refractivity contribution in [2.45, 2.75) is 39.2 Å². The Hall–Kier alpha value is -3.61. The van der Waals surface area contributed by atoms with E-state index in [9.17, 15) is 8.42 Å². The number of hydrogen-bond donors (Lipinski definition) is 1. The van der Waals surface area contributed by atoms with Gasteiger partial charge in [-0.05, 0) is 55.6 Å². The Balaban J connectivity index is 1.48. The number of likely N-dealkylation sites (N-methyl/N-ethyl adjacent to an activating group) is 1. The Morgan fingerprint density at radius 3 is 2.49 bits per heavy atom. The van der Waals surface area contributed by atoms with E-state index in [4.69, 9.17) is 4.74 Å². The lowest BCUT2D eigenvalue weighted by Crippen LogP contribution is -2.46. The van der Waals surface area contributed by atoms with Gasteiger partial charge < -0.3 is 19.1 Å². The monoisotopic (exact) mass is 610 g/mol. The van der Waals surface area contributed by atoms with Crippen molar-refractivity contribution in [3.63, 3.8) is 0 Å². The van der Waals surface area contributed by atoms with Crippen molar-refractivity contribution in [1.29, 1.82) is 0 Å². The van der Waals surface area contributed by atoms with Crippen LogP contribution in [0.4, 0.5) is 20.2 Å². The van der Waals surface area contributed by atoms with Gasteiger partial charge in [0.15, 0.2) is 5.82 Å². The van der Waals surface area contributed by atoms with Crippen LogP contribution in [0.2, 0.25) is 0 Å². The lowest BCUT2D eigenvalue weighted by molar-refractivity contribution is 0.127. The molecule has 4 aromatic rings. The molecule has 2 aliphatic heterocycles. The summed E-state index contributed by atoms with van der Waals surface area (Å²) >= 11 is 0. The molecular weight excluding hydrogens is 574 g/mol. The highest BCUT2D eigenvalue weighted by Crippen LogP contribution is 2.40. The molecule has 2 aromatic carbocycles. The molecule has 2 fully saturated rings. The van der Waals surface area contributed by atoms with Crippen LogP contribution in [-0.2, 0) is 21.2 Å². The highest BCUT2D eigenvalue weighted by Gasteiger charge is 2.28. The summed E-state index contributed by atoms with van der Waals surface area (Å²) in [7, 11) is -3.94. The number of nitrogens with zero attached hydrogens (tertiary/aromatic N) is 5. The van der Waals surface area contributed by atoms with Crippen LogP contribution in [0.3, 0.4) is 0 Å². The molecule has 1 unspecified atom stereocenters. The van der Waals surface area contributed by atoms with E-state index in [0.717, 1.165) is 73.5 Å². The van der Waals surface area contributed by atoms with E-state index >= 15 is 8.78 Å². The number of benzene rings is 2. The fourth-order valence-electron chi connectivity index (χ4n) is 6.26. The molecule has 0 spiro atoms. The van der Waals surface area contributed by atoms with Crippen molar-refractivity contribution in [3.05, 3.63) is 66.4 Å². The first kappa shape index (κ1) is 29.5. The van der Waals surface area contributed by atoms with Crippen molar-refractivity contribution in [3.8, 4) is 16.8 Å². The molecule has 0 amide bonds. The number of fused-ring (bicyclic) bond motifs is 1. The molecule has 0 bridgehead atoms. The molecule has 43 heavy (non-hydrogen) atoms. The minimum absolute atomic E-state index is 0.293. The van der Waals surface area contributed by atoms with Gasteiger partial charge in [0.05, 0.1) is 23.1 Å². The average molecular weight is 611 g/mol. The third-order valence-corrected chi connectivity index (χ3v) is 9.78. The molecule has 1 atom stereocenters. The minimum Gasteiger partial charge on any atom is -0.377 e. The summed E-state index contributed by atoms with van der Waals surface area (Å²) in [6.45, 7) is 9.44. The lowest BCUT2D eigenvalue weighted by Gasteiger charge is -2.36. The first-order chi connectivity index (χ1) is 20.8. The molecule has 0 aliphatic carbocycles. The molecule has 2 saturated heterocycles. The van der Waals surface area contributed by atoms with Gasteiger partial charge in [-0.15, -0.1) is 0 Å². The summed E-state index contributed by atoms with van der Waals surface area (Å²) in [5.74, 6) is -2.11. The fourth-order valence-corrected chi connectivity index (χ4v) is 7.59. The van der Waals surface area contributed by atoms with Crippen molar-refractivity contribution in [1.82, 2.24) is 19.4 Å². The third kappa shape index (κ3) is 5.83. The fraction of sp³-hybridized carbons (Fsp3) is 0.419. The smallest absolute Gasteiger partial charge is 0.235 e. The molecule has 228 valence electrons. The number of piperazine rings is 1. The molecule has 12 heteroatoms. The first-order valence-electron chi connectivity index (χ1n) is 14.8. The maximum atomic E-state index is 16.2. The van der Waals surface area contributed by atoms with Crippen LogP contribution in [0.5, 0.6) is 0 Å². The number of aromatic nitrogens is 3. The zero-order valence-electron chi connectivity index (χ0n) is 24.4. The van der Waals surface area contributed by atoms with E-state index in [1.165, 1.54) is 10.9 Å². The van der Waals surface area contributed by atoms with Gasteiger partial charge in [0.1, 0.15) is 17.8 Å². The summed E-state index contributed by atoms with van der Waals surface area (Å²) in [5.41, 5.74) is 3.53. The third-order valence-electron chi connectivity index (χ3n) is 8.44. The summed E-state index contributed by atoms with van der Waals surface area (Å²) < 4.78 is 66.7. The van der Waals surface area contributed by atoms with Crippen LogP contribution in [-0.4, -0.2) is 79.0 Å². The number of ether oxygens (including phenoxy) is 1. The van der Waals surface area contributed by atoms with Gasteiger partial charge in [-0.3, -0.25) is 4.72 Å². The average Bonchev–Trinajstić information content (AvgIpc) is 3.66. The standard InChI is InChI=1S/C31H36F2N6O3S/c1-3-23-27(38-13-11-37(4-2)12-14-38)9-10-28-29(23)24(21-16-34-20-35-17-21)18-39(28)31-25(32)7-8-26(30(31)33)36-43(40,41)19-22-6-5-15-42-22/h7-10,16-18,20,22,36H,3-6,11-15,19H2,1-2H3. The Kier molecular flexibility index (Phi) is 8.34. The van der Waals surface area contributed by atoms with E-state index < -0.39 is 27.8 Å². The number of hydrogen-bond acceptors (Lipinski definition) is 7. The Morgan fingerprint density at radius 2 is 1.81 bits per heavy atom. The molecule has 1 N–H and O–H groups in total. The van der Waals surface area contributed by atoms with Gasteiger partial charge in [0, 0.05) is 73.6 Å². The van der Waals surface area contributed by atoms with Gasteiger partial charge in [0.25, 0.3) is 0 Å². The van der Waals surface area contributed by atoms with Crippen molar-refractivity contribution < 1.29 is 21.9 Å². The Labute approximate surface area is 250 Å². The number of sulfonamides is 1. The number of aryl methyl sites for hydroxylation is 1. The normalized spacial score (nSPS) is 18.0. The van der Waals surface area contributed by atoms with E-state index in [0.29, 0.717) is 30.5 Å². The minimum atomic E-state index is -3.94. The van der Waals surface area contributed by atoms with E-state index in [-0.39, 0.29) is 17.1 Å². The van der Waals surface area contributed by atoms with Gasteiger partial charge in [-0.1, -0.05) is 13.8 Å². The number of rotatable bonds is 9. The summed E-state index contributed by atoms with van der Waals surface area (Å²) in [6.07, 6.45) is 8.13. The largest absolute Gasteiger partial charge is 0.377 e. The van der Waals surface area contributed by atoms with Gasteiger partial charge in [-0.25, -0.2) is 27.2 Å². The van der Waals surface area contributed by atoms with Gasteiger partial charge >= 0.3 is 0 Å². The molecule has 2 aromatic heterocycles. The highest BCUT2D eigenvalue weighted by molar-refractivity contribution is 7.92. The first-order valence-corrected chi connectivity index (χ1v) is 16.4. The Morgan fingerprint density at radius 1 is 1.05 bits per heavy atom. The number of nitrogens with one attached hydrogen (secondary N) is 1. The van der Waals surface area contributed by atoms with E-state index in [2.05, 4.69) is 38.3 Å². The van der Waals surface area contributed by atoms with Crippen LogP contribution in [0.1, 0.15) is 32.3 Å². The molecule has 4 heterocycles. The molecular formula is C31H36F2N6O3S. The van der Waals surface area contributed by atoms with E-state index in [1.54, 1.807) is 18.6 Å². The van der Waals surface area contributed by atoms with Crippen LogP contribution < -0.4 is 9.62 Å². The second-order valence-corrected chi connectivity index (χ2v) is 12.8. The maximum absolute atomic E-state index is 16.2. The predicted molar refractivity (Wildman–Crippen MR) is 164 cm³/mol. The van der Waals surface area contributed by atoms with Crippen molar-refractivity contribution in [2.75, 3.05) is 54.7 Å². The van der Waals surface area contributed by atoms with Crippen LogP contribution in [0, 0.1) is 11.6 Å². The summed E-state index contributed by atoms with van der Waals surface area (Å²) in [4.78, 5) is 13.2. The zero-order chi connectivity index (χ0) is 30.1. The topological polar surface area (TPSA) is 92.6 Å². The van der Waals surface area contributed by atoms with Gasteiger partial charge in [0.2, 0.25) is 10.0 Å². The van der Waals surface area contributed by atoms with Gasteiger partial charge in [-0.2, -0.15) is 0 Å². The molecule has 6 rings (SSSR count). The van der Waals surface area contributed by atoms with Crippen molar-refractivity contribution in [2.24, 2.45) is 0 Å². The number of halogens is 2. The van der Waals surface area contributed by atoms with E-state index in [1.807, 2.05) is 12.1 Å². The lowest BCUT2D eigenvalue weighted by atomic mass is 9.98. The summed E-state index contributed by atoms with van der Waals surface area (Å²) in [5, 5.41) is 0.857. The van der Waals surface area contributed by atoms with Crippen LogP contribution >= 0.6 is 0 Å². The zero-order valence-corrected chi connectivity index (χ0v) is 25.2. The van der Waals surface area contributed by atoms with Crippen LogP contribution in [0.25, 0.3) is 27.7 Å². The second kappa shape index (κ2) is 12.2. The predicted octanol–water partition coefficient (Wildman–Crippen LogP) is 4.99. The molecule has 2 aliphatic rings. The van der Waals surface area contributed by atoms with Crippen LogP contribution in [0.15, 0.2) is 49.2 Å². The quantitative estimate of drug-likeness (QED) is 0.286. The molecule has 0 saturated carbocycles. The molecule has 0 radical (unpaired) electrons. The maximum Gasteiger partial charge on any atom is 0.235 e. The Bertz CT molecular complexity index is 1720. The molecule has 9 nitrogen and oxygen atoms in total. The summed E-state index contributed by atoms with van der Waals surface area (Å²) in [6, 6.07) is 6.11. The number of anilines is 2. The second-order valence-electron chi connectivity index (χ2n) is 11.0. The SMILES string of the molecule is CCc1c(N2CCN(CC)CC2)ccc2c1c(-c1cncnc1)cn2-c1c(F)ccc(NS(=O)(=O)CC2CCCO2)c1F. The highest BCUT2D eigenvalue weighted by atomic mass is 32.2.